The molecule has 0 amide bonds. The zero-order chi connectivity index (χ0) is 10.9. The largest absolute Gasteiger partial charge is 0.480 e. The molecule has 0 aromatic carbocycles. The van der Waals surface area contributed by atoms with E-state index < -0.39 is 18.4 Å². The molecular weight excluding hydrogens is 194 g/mol. The van der Waals surface area contributed by atoms with E-state index in [1.165, 1.54) is 20.0 Å². The second kappa shape index (κ2) is 3.73. The lowest BCUT2D eigenvalue weighted by Gasteiger charge is -2.05. The summed E-state index contributed by atoms with van der Waals surface area (Å²) in [7, 11) is 0. The van der Waals surface area contributed by atoms with Gasteiger partial charge in [0.15, 0.2) is 0 Å². The summed E-state index contributed by atoms with van der Waals surface area (Å²) >= 11 is 0. The Bertz CT molecular complexity index is 349. The lowest BCUT2D eigenvalue weighted by molar-refractivity contribution is -0.140. The van der Waals surface area contributed by atoms with Crippen molar-refractivity contribution in [1.82, 2.24) is 9.78 Å². The maximum absolute atomic E-state index is 12.3. The maximum atomic E-state index is 12.3. The SMILES string of the molecule is Cc1cn([C@@H](C)C(=O)O)nc1C(F)F. The van der Waals surface area contributed by atoms with E-state index in [1.807, 2.05) is 0 Å². The summed E-state index contributed by atoms with van der Waals surface area (Å²) in [6.07, 6.45) is -1.36. The van der Waals surface area contributed by atoms with Crippen LogP contribution in [0.3, 0.4) is 0 Å². The van der Waals surface area contributed by atoms with Crippen LogP contribution in [0.2, 0.25) is 0 Å². The average Bonchev–Trinajstić information content (AvgIpc) is 2.45. The van der Waals surface area contributed by atoms with Crippen LogP contribution in [0.5, 0.6) is 0 Å². The molecule has 0 radical (unpaired) electrons. The van der Waals surface area contributed by atoms with E-state index in [4.69, 9.17) is 5.11 Å². The van der Waals surface area contributed by atoms with Crippen molar-refractivity contribution in [2.75, 3.05) is 0 Å². The Morgan fingerprint density at radius 3 is 2.57 bits per heavy atom. The maximum Gasteiger partial charge on any atom is 0.328 e. The first-order valence-electron chi connectivity index (χ1n) is 4.00. The number of aromatic nitrogens is 2. The molecule has 0 aliphatic carbocycles. The van der Waals surface area contributed by atoms with Crippen molar-refractivity contribution in [3.8, 4) is 0 Å². The number of nitrogens with zero attached hydrogens (tertiary/aromatic N) is 2. The predicted octanol–water partition coefficient (Wildman–Crippen LogP) is 1.77. The van der Waals surface area contributed by atoms with Crippen LogP contribution in [-0.2, 0) is 4.79 Å². The van der Waals surface area contributed by atoms with Crippen LogP contribution in [0.4, 0.5) is 8.78 Å². The molecule has 0 aliphatic heterocycles. The number of carboxylic acids is 1. The Morgan fingerprint density at radius 1 is 1.64 bits per heavy atom. The van der Waals surface area contributed by atoms with E-state index in [9.17, 15) is 13.6 Å². The molecule has 0 bridgehead atoms. The molecule has 1 atom stereocenters. The van der Waals surface area contributed by atoms with Crippen molar-refractivity contribution in [3.63, 3.8) is 0 Å². The van der Waals surface area contributed by atoms with Gasteiger partial charge in [0.1, 0.15) is 11.7 Å². The topological polar surface area (TPSA) is 55.1 Å². The van der Waals surface area contributed by atoms with Gasteiger partial charge in [0.25, 0.3) is 6.43 Å². The number of rotatable bonds is 3. The highest BCUT2D eigenvalue weighted by Gasteiger charge is 2.20. The van der Waals surface area contributed by atoms with E-state index in [0.717, 1.165) is 4.68 Å². The van der Waals surface area contributed by atoms with Gasteiger partial charge in [-0.3, -0.25) is 4.68 Å². The first-order valence-corrected chi connectivity index (χ1v) is 4.00. The fourth-order valence-corrected chi connectivity index (χ4v) is 1.02. The number of carbonyl (C=O) groups is 1. The predicted molar refractivity (Wildman–Crippen MR) is 44.3 cm³/mol. The highest BCUT2D eigenvalue weighted by molar-refractivity contribution is 5.71. The van der Waals surface area contributed by atoms with Crippen LogP contribution in [0.25, 0.3) is 0 Å². The number of halogens is 2. The van der Waals surface area contributed by atoms with Crippen molar-refractivity contribution >= 4 is 5.97 Å². The average molecular weight is 204 g/mol. The second-order valence-electron chi connectivity index (χ2n) is 2.99. The number of aryl methyl sites for hydroxylation is 1. The Morgan fingerprint density at radius 2 is 2.21 bits per heavy atom. The van der Waals surface area contributed by atoms with Gasteiger partial charge >= 0.3 is 5.97 Å². The Balaban J connectivity index is 3.02. The van der Waals surface area contributed by atoms with E-state index >= 15 is 0 Å². The van der Waals surface area contributed by atoms with Gasteiger partial charge in [-0.25, -0.2) is 13.6 Å². The number of hydrogen-bond donors (Lipinski definition) is 1. The molecule has 1 aromatic rings. The summed E-state index contributed by atoms with van der Waals surface area (Å²) in [6, 6.07) is -0.929. The Kier molecular flexibility index (Phi) is 2.83. The van der Waals surface area contributed by atoms with Crippen LogP contribution in [0, 0.1) is 6.92 Å². The van der Waals surface area contributed by atoms with E-state index in [1.54, 1.807) is 0 Å². The highest BCUT2D eigenvalue weighted by Crippen LogP contribution is 2.21. The minimum absolute atomic E-state index is 0.299. The van der Waals surface area contributed by atoms with Crippen LogP contribution in [0.15, 0.2) is 6.20 Å². The van der Waals surface area contributed by atoms with Gasteiger partial charge in [-0.2, -0.15) is 5.10 Å². The molecule has 1 heterocycles. The molecule has 6 heteroatoms. The third-order valence-corrected chi connectivity index (χ3v) is 1.91. The molecule has 4 nitrogen and oxygen atoms in total. The van der Waals surface area contributed by atoms with E-state index in [2.05, 4.69) is 5.10 Å². The fraction of sp³-hybridized carbons (Fsp3) is 0.500. The zero-order valence-corrected chi connectivity index (χ0v) is 7.74. The molecule has 0 unspecified atom stereocenters. The van der Waals surface area contributed by atoms with Crippen molar-refractivity contribution < 1.29 is 18.7 Å². The number of hydrogen-bond acceptors (Lipinski definition) is 2. The molecule has 1 aromatic heterocycles. The van der Waals surface area contributed by atoms with E-state index in [-0.39, 0.29) is 5.69 Å². The molecule has 0 saturated heterocycles. The second-order valence-corrected chi connectivity index (χ2v) is 2.99. The molecule has 14 heavy (non-hydrogen) atoms. The number of carboxylic acid groups (broad SMARTS) is 1. The van der Waals surface area contributed by atoms with Gasteiger partial charge in [-0.1, -0.05) is 0 Å². The normalized spacial score (nSPS) is 13.2. The molecular formula is C8H10F2N2O2. The first kappa shape index (κ1) is 10.6. The van der Waals surface area contributed by atoms with E-state index in [0.29, 0.717) is 5.56 Å². The Labute approximate surface area is 79.2 Å². The molecule has 0 fully saturated rings. The fourth-order valence-electron chi connectivity index (χ4n) is 1.02. The standard InChI is InChI=1S/C8H10F2N2O2/c1-4-3-12(5(2)8(13)14)11-6(4)7(9)10/h3,5,7H,1-2H3,(H,13,14)/t5-/m0/s1. The summed E-state index contributed by atoms with van der Waals surface area (Å²) < 4.78 is 25.6. The summed E-state index contributed by atoms with van der Waals surface area (Å²) in [5, 5.41) is 12.1. The third kappa shape index (κ3) is 1.89. The highest BCUT2D eigenvalue weighted by atomic mass is 19.3. The van der Waals surface area contributed by atoms with Gasteiger partial charge in [-0.05, 0) is 19.4 Å². The van der Waals surface area contributed by atoms with Gasteiger partial charge in [-0.15, -0.1) is 0 Å². The van der Waals surface area contributed by atoms with Crippen LogP contribution in [-0.4, -0.2) is 20.9 Å². The summed E-state index contributed by atoms with van der Waals surface area (Å²) in [5.74, 6) is -1.10. The summed E-state index contributed by atoms with van der Waals surface area (Å²) in [5.41, 5.74) is -0.0637. The van der Waals surface area contributed by atoms with Gasteiger partial charge in [0.2, 0.25) is 0 Å². The molecule has 1 N–H and O–H groups in total. The molecule has 78 valence electrons. The first-order chi connectivity index (χ1) is 6.43. The minimum Gasteiger partial charge on any atom is -0.480 e. The molecule has 0 spiro atoms. The molecule has 0 aliphatic rings. The lowest BCUT2D eigenvalue weighted by Crippen LogP contribution is -2.16. The summed E-state index contributed by atoms with van der Waals surface area (Å²) in [4.78, 5) is 10.5. The summed E-state index contributed by atoms with van der Waals surface area (Å²) in [6.45, 7) is 2.85. The monoisotopic (exact) mass is 204 g/mol. The van der Waals surface area contributed by atoms with Gasteiger partial charge in [0.05, 0.1) is 0 Å². The molecule has 1 rings (SSSR count). The van der Waals surface area contributed by atoms with Crippen molar-refractivity contribution in [3.05, 3.63) is 17.5 Å². The number of aliphatic carboxylic acids is 1. The van der Waals surface area contributed by atoms with Crippen LogP contribution >= 0.6 is 0 Å². The van der Waals surface area contributed by atoms with Crippen LogP contribution < -0.4 is 0 Å². The van der Waals surface area contributed by atoms with Crippen molar-refractivity contribution in [2.24, 2.45) is 0 Å². The minimum atomic E-state index is -2.67. The van der Waals surface area contributed by atoms with Crippen molar-refractivity contribution in [1.29, 1.82) is 0 Å². The lowest BCUT2D eigenvalue weighted by atomic mass is 10.3. The smallest absolute Gasteiger partial charge is 0.328 e. The Hall–Kier alpha value is -1.46. The zero-order valence-electron chi connectivity index (χ0n) is 7.74. The quantitative estimate of drug-likeness (QED) is 0.816. The van der Waals surface area contributed by atoms with Crippen molar-refractivity contribution in [2.45, 2.75) is 26.3 Å². The van der Waals surface area contributed by atoms with Gasteiger partial charge in [0, 0.05) is 6.20 Å². The molecule has 0 saturated carbocycles. The number of alkyl halides is 2. The van der Waals surface area contributed by atoms with Crippen LogP contribution in [0.1, 0.15) is 30.6 Å². The third-order valence-electron chi connectivity index (χ3n) is 1.91. The van der Waals surface area contributed by atoms with Gasteiger partial charge < -0.3 is 5.11 Å².